The molecule has 124 valence electrons. The van der Waals surface area contributed by atoms with Gasteiger partial charge in [-0.1, -0.05) is 6.92 Å². The van der Waals surface area contributed by atoms with Gasteiger partial charge in [-0.2, -0.15) is 0 Å². The van der Waals surface area contributed by atoms with Gasteiger partial charge in [-0.25, -0.2) is 0 Å². The van der Waals surface area contributed by atoms with E-state index in [1.165, 1.54) is 12.8 Å². The summed E-state index contributed by atoms with van der Waals surface area (Å²) in [7, 11) is 0. The molecule has 0 radical (unpaired) electrons. The van der Waals surface area contributed by atoms with Crippen molar-refractivity contribution in [3.05, 3.63) is 0 Å². The van der Waals surface area contributed by atoms with Gasteiger partial charge in [0.05, 0.1) is 0 Å². The zero-order chi connectivity index (χ0) is 15.7. The van der Waals surface area contributed by atoms with Gasteiger partial charge in [-0.05, 0) is 52.7 Å². The quantitative estimate of drug-likeness (QED) is 0.703. The number of hydrogen-bond donors (Lipinski definition) is 2. The number of nitrogens with two attached hydrogens (primary N) is 1. The zero-order valence-electron chi connectivity index (χ0n) is 14.1. The number of carbonyl (C=O) groups is 1. The van der Waals surface area contributed by atoms with E-state index in [0.29, 0.717) is 12.5 Å². The van der Waals surface area contributed by atoms with Crippen LogP contribution in [0.5, 0.6) is 0 Å². The summed E-state index contributed by atoms with van der Waals surface area (Å²) in [5.74, 6) is 0.167. The Bertz CT molecular complexity index is 296. The minimum Gasteiger partial charge on any atom is -0.354 e. The SMILES string of the molecule is CCC(CCN)N1CCCN(CCC(=O)NC(C)C)CC1. The smallest absolute Gasteiger partial charge is 0.221 e. The number of amides is 1. The Morgan fingerprint density at radius 3 is 2.62 bits per heavy atom. The summed E-state index contributed by atoms with van der Waals surface area (Å²) in [5.41, 5.74) is 5.72. The number of rotatable bonds is 8. The summed E-state index contributed by atoms with van der Waals surface area (Å²) in [4.78, 5) is 16.7. The van der Waals surface area contributed by atoms with E-state index in [9.17, 15) is 4.79 Å². The number of carbonyl (C=O) groups excluding carboxylic acids is 1. The van der Waals surface area contributed by atoms with Crippen LogP contribution < -0.4 is 11.1 Å². The van der Waals surface area contributed by atoms with Crippen molar-refractivity contribution < 1.29 is 4.79 Å². The predicted molar refractivity (Wildman–Crippen MR) is 88.3 cm³/mol. The van der Waals surface area contributed by atoms with E-state index >= 15 is 0 Å². The molecule has 5 nitrogen and oxygen atoms in total. The first-order valence-corrected chi connectivity index (χ1v) is 8.52. The van der Waals surface area contributed by atoms with E-state index in [1.54, 1.807) is 0 Å². The second-order valence-electron chi connectivity index (χ2n) is 6.34. The van der Waals surface area contributed by atoms with Crippen molar-refractivity contribution in [3.8, 4) is 0 Å². The van der Waals surface area contributed by atoms with E-state index in [4.69, 9.17) is 5.73 Å². The number of nitrogens with one attached hydrogen (secondary N) is 1. The molecule has 1 atom stereocenters. The molecule has 0 bridgehead atoms. The fraction of sp³-hybridized carbons (Fsp3) is 0.938. The fourth-order valence-electron chi connectivity index (χ4n) is 3.07. The third kappa shape index (κ3) is 7.25. The van der Waals surface area contributed by atoms with E-state index < -0.39 is 0 Å². The third-order valence-electron chi connectivity index (χ3n) is 4.22. The molecule has 0 aliphatic carbocycles. The Balaban J connectivity index is 2.33. The molecule has 1 saturated heterocycles. The Hall–Kier alpha value is -0.650. The molecule has 0 spiro atoms. The second-order valence-corrected chi connectivity index (χ2v) is 6.34. The van der Waals surface area contributed by atoms with Crippen LogP contribution in [0.1, 0.15) is 46.5 Å². The molecule has 1 unspecified atom stereocenters. The third-order valence-corrected chi connectivity index (χ3v) is 4.22. The number of nitrogens with zero attached hydrogens (tertiary/aromatic N) is 2. The minimum absolute atomic E-state index is 0.167. The molecule has 1 fully saturated rings. The molecule has 5 heteroatoms. The van der Waals surface area contributed by atoms with Crippen LogP contribution in [0.2, 0.25) is 0 Å². The van der Waals surface area contributed by atoms with Gasteiger partial charge in [0, 0.05) is 38.1 Å². The summed E-state index contributed by atoms with van der Waals surface area (Å²) >= 11 is 0. The topological polar surface area (TPSA) is 61.6 Å². The normalized spacial score (nSPS) is 19.5. The molecule has 0 aromatic carbocycles. The zero-order valence-corrected chi connectivity index (χ0v) is 14.1. The fourth-order valence-corrected chi connectivity index (χ4v) is 3.07. The van der Waals surface area contributed by atoms with Gasteiger partial charge in [-0.15, -0.1) is 0 Å². The lowest BCUT2D eigenvalue weighted by Crippen LogP contribution is -2.40. The van der Waals surface area contributed by atoms with Crippen molar-refractivity contribution in [1.82, 2.24) is 15.1 Å². The molecular formula is C16H34N4O. The second kappa shape index (κ2) is 10.1. The highest BCUT2D eigenvalue weighted by Gasteiger charge is 2.20. The van der Waals surface area contributed by atoms with Crippen molar-refractivity contribution in [2.75, 3.05) is 39.3 Å². The molecule has 1 heterocycles. The Labute approximate surface area is 130 Å². The van der Waals surface area contributed by atoms with Crippen molar-refractivity contribution in [2.24, 2.45) is 5.73 Å². The van der Waals surface area contributed by atoms with E-state index in [0.717, 1.165) is 45.7 Å². The van der Waals surface area contributed by atoms with Crippen LogP contribution in [-0.4, -0.2) is 67.1 Å². The molecule has 1 aliphatic rings. The van der Waals surface area contributed by atoms with Crippen LogP contribution in [-0.2, 0) is 4.79 Å². The molecule has 1 rings (SSSR count). The first kappa shape index (κ1) is 18.4. The molecule has 0 aromatic heterocycles. The lowest BCUT2D eigenvalue weighted by molar-refractivity contribution is -0.121. The predicted octanol–water partition coefficient (Wildman–Crippen LogP) is 1.04. The van der Waals surface area contributed by atoms with Crippen LogP contribution in [0.4, 0.5) is 0 Å². The molecule has 21 heavy (non-hydrogen) atoms. The maximum absolute atomic E-state index is 11.7. The molecule has 0 aromatic rings. The Morgan fingerprint density at radius 2 is 2.00 bits per heavy atom. The van der Waals surface area contributed by atoms with Crippen molar-refractivity contribution in [3.63, 3.8) is 0 Å². The van der Waals surface area contributed by atoms with Crippen LogP contribution in [0, 0.1) is 0 Å². The lowest BCUT2D eigenvalue weighted by Gasteiger charge is -2.29. The first-order chi connectivity index (χ1) is 10.1. The largest absolute Gasteiger partial charge is 0.354 e. The summed E-state index contributed by atoms with van der Waals surface area (Å²) in [5, 5.41) is 2.96. The molecule has 1 aliphatic heterocycles. The maximum Gasteiger partial charge on any atom is 0.221 e. The molecule has 3 N–H and O–H groups in total. The lowest BCUT2D eigenvalue weighted by atomic mass is 10.1. The summed E-state index contributed by atoms with van der Waals surface area (Å²) in [6, 6.07) is 0.859. The van der Waals surface area contributed by atoms with E-state index in [2.05, 4.69) is 22.0 Å². The molecule has 1 amide bonds. The molecule has 0 saturated carbocycles. The highest BCUT2D eigenvalue weighted by Crippen LogP contribution is 2.12. The van der Waals surface area contributed by atoms with Crippen molar-refractivity contribution >= 4 is 5.91 Å². The van der Waals surface area contributed by atoms with Crippen LogP contribution >= 0.6 is 0 Å². The van der Waals surface area contributed by atoms with Gasteiger partial charge >= 0.3 is 0 Å². The van der Waals surface area contributed by atoms with Gasteiger partial charge in [0.1, 0.15) is 0 Å². The van der Waals surface area contributed by atoms with Crippen molar-refractivity contribution in [2.45, 2.75) is 58.5 Å². The first-order valence-electron chi connectivity index (χ1n) is 8.52. The van der Waals surface area contributed by atoms with Crippen LogP contribution in [0.15, 0.2) is 0 Å². The van der Waals surface area contributed by atoms with Crippen LogP contribution in [0.3, 0.4) is 0 Å². The summed E-state index contributed by atoms with van der Waals surface area (Å²) in [6.45, 7) is 12.3. The summed E-state index contributed by atoms with van der Waals surface area (Å²) in [6.07, 6.45) is 4.06. The van der Waals surface area contributed by atoms with Gasteiger partial charge < -0.3 is 16.0 Å². The van der Waals surface area contributed by atoms with E-state index in [-0.39, 0.29) is 11.9 Å². The highest BCUT2D eigenvalue weighted by atomic mass is 16.1. The average Bonchev–Trinajstić information content (AvgIpc) is 2.67. The van der Waals surface area contributed by atoms with Gasteiger partial charge in [0.15, 0.2) is 0 Å². The number of hydrogen-bond acceptors (Lipinski definition) is 4. The highest BCUT2D eigenvalue weighted by molar-refractivity contribution is 5.76. The monoisotopic (exact) mass is 298 g/mol. The van der Waals surface area contributed by atoms with E-state index in [1.807, 2.05) is 13.8 Å². The van der Waals surface area contributed by atoms with Gasteiger partial charge in [-0.3, -0.25) is 9.69 Å². The standard InChI is InChI=1S/C16H34N4O/c1-4-15(6-8-17)20-10-5-9-19(12-13-20)11-7-16(21)18-14(2)3/h14-15H,4-13,17H2,1-3H3,(H,18,21). The molecular weight excluding hydrogens is 264 g/mol. The van der Waals surface area contributed by atoms with Crippen LogP contribution in [0.25, 0.3) is 0 Å². The summed E-state index contributed by atoms with van der Waals surface area (Å²) < 4.78 is 0. The van der Waals surface area contributed by atoms with Gasteiger partial charge in [0.2, 0.25) is 5.91 Å². The average molecular weight is 298 g/mol. The Kier molecular flexibility index (Phi) is 8.88. The Morgan fingerprint density at radius 1 is 1.24 bits per heavy atom. The maximum atomic E-state index is 11.7. The van der Waals surface area contributed by atoms with Crippen molar-refractivity contribution in [1.29, 1.82) is 0 Å². The van der Waals surface area contributed by atoms with Gasteiger partial charge in [0.25, 0.3) is 0 Å². The minimum atomic E-state index is 0.167.